The molecule has 1 saturated heterocycles. The molecule has 1 amide bonds. The van der Waals surface area contributed by atoms with Gasteiger partial charge in [0.1, 0.15) is 17.3 Å². The van der Waals surface area contributed by atoms with Crippen molar-refractivity contribution in [1.82, 2.24) is 4.98 Å². The molecule has 0 spiro atoms. The third-order valence-corrected chi connectivity index (χ3v) is 6.88. The van der Waals surface area contributed by atoms with Crippen molar-refractivity contribution in [3.8, 4) is 11.5 Å². The van der Waals surface area contributed by atoms with E-state index >= 15 is 0 Å². The zero-order valence-electron chi connectivity index (χ0n) is 19.8. The van der Waals surface area contributed by atoms with Crippen molar-refractivity contribution in [2.24, 2.45) is 0 Å². The van der Waals surface area contributed by atoms with Crippen LogP contribution in [-0.4, -0.2) is 35.0 Å². The van der Waals surface area contributed by atoms with E-state index in [0.717, 1.165) is 4.70 Å². The zero-order valence-corrected chi connectivity index (χ0v) is 20.6. The largest absolute Gasteiger partial charge is 0.507 e. The average Bonchev–Trinajstić information content (AvgIpc) is 3.43. The summed E-state index contributed by atoms with van der Waals surface area (Å²) in [5, 5.41) is 11.6. The smallest absolute Gasteiger partial charge is 0.301 e. The summed E-state index contributed by atoms with van der Waals surface area (Å²) in [5.74, 6) is -0.384. The van der Waals surface area contributed by atoms with E-state index in [0.29, 0.717) is 46.5 Å². The van der Waals surface area contributed by atoms with E-state index in [4.69, 9.17) is 9.47 Å². The van der Waals surface area contributed by atoms with E-state index in [1.54, 1.807) is 24.3 Å². The molecular formula is C28H24N2O5S. The summed E-state index contributed by atoms with van der Waals surface area (Å²) in [5.41, 5.74) is 1.82. The molecule has 1 fully saturated rings. The number of aliphatic hydroxyl groups excluding tert-OH is 1. The van der Waals surface area contributed by atoms with Crippen LogP contribution in [0, 0.1) is 0 Å². The number of aliphatic hydroxyl groups is 1. The van der Waals surface area contributed by atoms with Gasteiger partial charge >= 0.3 is 5.91 Å². The number of nitrogens with zero attached hydrogens (tertiary/aromatic N) is 2. The quantitative estimate of drug-likeness (QED) is 0.198. The van der Waals surface area contributed by atoms with Crippen LogP contribution < -0.4 is 14.4 Å². The van der Waals surface area contributed by atoms with Gasteiger partial charge in [-0.25, -0.2) is 4.98 Å². The highest BCUT2D eigenvalue weighted by atomic mass is 32.1. The molecule has 0 aliphatic carbocycles. The first-order valence-corrected chi connectivity index (χ1v) is 12.5. The molecule has 36 heavy (non-hydrogen) atoms. The van der Waals surface area contributed by atoms with Gasteiger partial charge in [-0.1, -0.05) is 41.7 Å². The second-order valence-corrected chi connectivity index (χ2v) is 9.11. The Balaban J connectivity index is 1.64. The third-order valence-electron chi connectivity index (χ3n) is 5.86. The van der Waals surface area contributed by atoms with Crippen LogP contribution in [0.15, 0.2) is 78.4 Å². The Labute approximate surface area is 212 Å². The van der Waals surface area contributed by atoms with Crippen molar-refractivity contribution in [3.63, 3.8) is 0 Å². The van der Waals surface area contributed by atoms with E-state index in [-0.39, 0.29) is 11.3 Å². The van der Waals surface area contributed by atoms with E-state index < -0.39 is 17.7 Å². The van der Waals surface area contributed by atoms with Crippen LogP contribution >= 0.6 is 11.3 Å². The minimum Gasteiger partial charge on any atom is -0.507 e. The molecule has 4 aromatic rings. The number of anilines is 1. The standard InChI is InChI=1S/C28H24N2O5S/c1-3-34-19-12-10-18(11-13-19)25(31)23-24(17-8-6-5-7-9-17)30(27(33)26(23)32)28-29-21-15-14-20(35-4-2)16-22(21)36-28/h5-16,24,31H,3-4H2,1-2H3. The zero-order chi connectivity index (χ0) is 25.2. The molecule has 5 rings (SSSR count). The molecule has 182 valence electrons. The van der Waals surface area contributed by atoms with Crippen molar-refractivity contribution < 1.29 is 24.2 Å². The summed E-state index contributed by atoms with van der Waals surface area (Å²) in [6.45, 7) is 4.84. The van der Waals surface area contributed by atoms with Gasteiger partial charge in [-0.15, -0.1) is 0 Å². The number of fused-ring (bicyclic) bond motifs is 1. The van der Waals surface area contributed by atoms with E-state index in [1.807, 2.05) is 62.4 Å². The number of hydrogen-bond donors (Lipinski definition) is 1. The van der Waals surface area contributed by atoms with Gasteiger partial charge in [-0.3, -0.25) is 14.5 Å². The highest BCUT2D eigenvalue weighted by molar-refractivity contribution is 7.22. The molecule has 0 bridgehead atoms. The van der Waals surface area contributed by atoms with Crippen LogP contribution in [0.4, 0.5) is 5.13 Å². The fourth-order valence-corrected chi connectivity index (χ4v) is 5.28. The second kappa shape index (κ2) is 9.83. The maximum absolute atomic E-state index is 13.4. The second-order valence-electron chi connectivity index (χ2n) is 8.10. The number of hydrogen-bond acceptors (Lipinski definition) is 7. The van der Waals surface area contributed by atoms with Crippen molar-refractivity contribution in [2.45, 2.75) is 19.9 Å². The maximum atomic E-state index is 13.4. The molecule has 1 N–H and O–H groups in total. The lowest BCUT2D eigenvalue weighted by molar-refractivity contribution is -0.132. The number of carbonyl (C=O) groups is 2. The number of rotatable bonds is 7. The van der Waals surface area contributed by atoms with Crippen LogP contribution in [0.3, 0.4) is 0 Å². The van der Waals surface area contributed by atoms with Crippen molar-refractivity contribution in [3.05, 3.63) is 89.5 Å². The molecule has 1 atom stereocenters. The first-order chi connectivity index (χ1) is 17.5. The highest BCUT2D eigenvalue weighted by Crippen LogP contribution is 2.44. The van der Waals surface area contributed by atoms with Gasteiger partial charge in [0.2, 0.25) is 0 Å². The number of carbonyl (C=O) groups excluding carboxylic acids is 2. The van der Waals surface area contributed by atoms with E-state index in [1.165, 1.54) is 16.2 Å². The van der Waals surface area contributed by atoms with Crippen LogP contribution in [0.25, 0.3) is 16.0 Å². The Bertz CT molecular complexity index is 1460. The normalized spacial score (nSPS) is 17.1. The van der Waals surface area contributed by atoms with Crippen LogP contribution in [-0.2, 0) is 9.59 Å². The molecule has 7 nitrogen and oxygen atoms in total. The van der Waals surface area contributed by atoms with Gasteiger partial charge in [0.05, 0.1) is 35.0 Å². The Morgan fingerprint density at radius 2 is 1.61 bits per heavy atom. The minimum atomic E-state index is -0.829. The molecule has 1 aliphatic rings. The molecule has 2 heterocycles. The molecule has 1 aliphatic heterocycles. The number of ketones is 1. The number of benzene rings is 3. The SMILES string of the molecule is CCOc1ccc(C(O)=C2C(=O)C(=O)N(c3nc4ccc(OCC)cc4s3)C2c2ccccc2)cc1. The highest BCUT2D eigenvalue weighted by Gasteiger charge is 2.48. The van der Waals surface area contributed by atoms with Crippen LogP contribution in [0.1, 0.15) is 31.0 Å². The lowest BCUT2D eigenvalue weighted by Crippen LogP contribution is -2.29. The molecule has 8 heteroatoms. The summed E-state index contributed by atoms with van der Waals surface area (Å²) in [7, 11) is 0. The van der Waals surface area contributed by atoms with Gasteiger partial charge in [-0.2, -0.15) is 0 Å². The Morgan fingerprint density at radius 3 is 2.31 bits per heavy atom. The predicted octanol–water partition coefficient (Wildman–Crippen LogP) is 5.72. The van der Waals surface area contributed by atoms with Gasteiger partial charge in [-0.05, 0) is 61.9 Å². The fourth-order valence-electron chi connectivity index (χ4n) is 4.26. The Morgan fingerprint density at radius 1 is 0.944 bits per heavy atom. The minimum absolute atomic E-state index is 0.0182. The van der Waals surface area contributed by atoms with Crippen LogP contribution in [0.2, 0.25) is 0 Å². The maximum Gasteiger partial charge on any atom is 0.301 e. The molecular weight excluding hydrogens is 476 g/mol. The molecule has 0 radical (unpaired) electrons. The lowest BCUT2D eigenvalue weighted by Gasteiger charge is -2.22. The number of Topliss-reactive ketones (excluding diaryl/α,β-unsaturated/α-hetero) is 1. The predicted molar refractivity (Wildman–Crippen MR) is 140 cm³/mol. The number of amides is 1. The summed E-state index contributed by atoms with van der Waals surface area (Å²) in [4.78, 5) is 32.7. The van der Waals surface area contributed by atoms with Crippen molar-refractivity contribution in [1.29, 1.82) is 0 Å². The Kier molecular flexibility index (Phi) is 6.43. The van der Waals surface area contributed by atoms with Gasteiger partial charge in [0.15, 0.2) is 5.13 Å². The number of ether oxygens (including phenoxy) is 2. The van der Waals surface area contributed by atoms with Crippen LogP contribution in [0.5, 0.6) is 11.5 Å². The van der Waals surface area contributed by atoms with E-state index in [2.05, 4.69) is 4.98 Å². The molecule has 0 saturated carbocycles. The summed E-state index contributed by atoms with van der Waals surface area (Å²) in [6.07, 6.45) is 0. The summed E-state index contributed by atoms with van der Waals surface area (Å²) in [6, 6.07) is 20.6. The Hall–Kier alpha value is -4.17. The first-order valence-electron chi connectivity index (χ1n) is 11.6. The fraction of sp³-hybridized carbons (Fsp3) is 0.179. The van der Waals surface area contributed by atoms with Gasteiger partial charge in [0, 0.05) is 5.56 Å². The third kappa shape index (κ3) is 4.20. The average molecular weight is 501 g/mol. The molecule has 3 aromatic carbocycles. The van der Waals surface area contributed by atoms with Crippen molar-refractivity contribution >= 4 is 44.1 Å². The summed E-state index contributed by atoms with van der Waals surface area (Å²) < 4.78 is 11.9. The number of thiazole rings is 1. The number of aromatic nitrogens is 1. The molecule has 1 aromatic heterocycles. The summed E-state index contributed by atoms with van der Waals surface area (Å²) >= 11 is 1.30. The lowest BCUT2D eigenvalue weighted by atomic mass is 9.95. The monoisotopic (exact) mass is 500 g/mol. The van der Waals surface area contributed by atoms with Gasteiger partial charge < -0.3 is 14.6 Å². The van der Waals surface area contributed by atoms with Crippen molar-refractivity contribution in [2.75, 3.05) is 18.1 Å². The molecule has 1 unspecified atom stereocenters. The van der Waals surface area contributed by atoms with E-state index in [9.17, 15) is 14.7 Å². The topological polar surface area (TPSA) is 89.0 Å². The van der Waals surface area contributed by atoms with Gasteiger partial charge in [0.25, 0.3) is 5.78 Å². The first kappa shape index (κ1) is 23.6.